The fourth-order valence-electron chi connectivity index (χ4n) is 3.45. The molecule has 5 heteroatoms. The van der Waals surface area contributed by atoms with Gasteiger partial charge in [-0.25, -0.2) is 9.29 Å². The van der Waals surface area contributed by atoms with Crippen molar-refractivity contribution in [1.82, 2.24) is 0 Å². The summed E-state index contributed by atoms with van der Waals surface area (Å²) in [4.78, 5) is 27.6. The standard InChI is InChI=1S/C25H21FN2O2/c1-15-7-10-18(11-8-15)22-23(27-20-12-9-16(2)17(3)13-20)25(30)28(24(22)29)21-6-4-5-19(26)14-21/h4-14,27H,1-3H3. The number of imide groups is 1. The van der Waals surface area contributed by atoms with Gasteiger partial charge in [-0.2, -0.15) is 0 Å². The zero-order valence-corrected chi connectivity index (χ0v) is 17.0. The molecule has 4 rings (SSSR count). The Bertz CT molecular complexity index is 1200. The van der Waals surface area contributed by atoms with Gasteiger partial charge in [0.2, 0.25) is 0 Å². The molecule has 1 aliphatic rings. The minimum Gasteiger partial charge on any atom is -0.350 e. The Morgan fingerprint density at radius 3 is 2.20 bits per heavy atom. The van der Waals surface area contributed by atoms with E-state index in [1.54, 1.807) is 6.07 Å². The molecule has 150 valence electrons. The van der Waals surface area contributed by atoms with Gasteiger partial charge in [0.15, 0.2) is 0 Å². The molecule has 2 amide bonds. The Kier molecular flexibility index (Phi) is 4.96. The third-order valence-corrected chi connectivity index (χ3v) is 5.27. The van der Waals surface area contributed by atoms with Crippen LogP contribution >= 0.6 is 0 Å². The number of anilines is 2. The van der Waals surface area contributed by atoms with E-state index in [1.165, 1.54) is 18.2 Å². The van der Waals surface area contributed by atoms with Crippen molar-refractivity contribution in [2.24, 2.45) is 0 Å². The number of nitrogens with one attached hydrogen (secondary N) is 1. The summed E-state index contributed by atoms with van der Waals surface area (Å²) in [7, 11) is 0. The van der Waals surface area contributed by atoms with E-state index in [2.05, 4.69) is 5.32 Å². The molecule has 1 N–H and O–H groups in total. The molecule has 0 bridgehead atoms. The number of amides is 2. The number of aryl methyl sites for hydroxylation is 3. The maximum Gasteiger partial charge on any atom is 0.282 e. The summed E-state index contributed by atoms with van der Waals surface area (Å²) in [5.74, 6) is -1.51. The molecule has 0 aliphatic carbocycles. The Morgan fingerprint density at radius 2 is 1.53 bits per heavy atom. The van der Waals surface area contributed by atoms with Crippen LogP contribution in [0.2, 0.25) is 0 Å². The molecule has 0 saturated heterocycles. The van der Waals surface area contributed by atoms with E-state index in [1.807, 2.05) is 63.2 Å². The summed E-state index contributed by atoms with van der Waals surface area (Å²) < 4.78 is 13.8. The Hall–Kier alpha value is -3.73. The summed E-state index contributed by atoms with van der Waals surface area (Å²) >= 11 is 0. The molecule has 1 heterocycles. The number of carbonyl (C=O) groups is 2. The van der Waals surface area contributed by atoms with Crippen LogP contribution in [0.5, 0.6) is 0 Å². The highest BCUT2D eigenvalue weighted by Crippen LogP contribution is 2.34. The lowest BCUT2D eigenvalue weighted by molar-refractivity contribution is -0.120. The SMILES string of the molecule is Cc1ccc(C2=C(Nc3ccc(C)c(C)c3)C(=O)N(c3cccc(F)c3)C2=O)cc1. The summed E-state index contributed by atoms with van der Waals surface area (Å²) in [6, 6.07) is 18.6. The highest BCUT2D eigenvalue weighted by atomic mass is 19.1. The zero-order chi connectivity index (χ0) is 21.4. The molecule has 30 heavy (non-hydrogen) atoms. The average Bonchev–Trinajstić information content (AvgIpc) is 2.95. The van der Waals surface area contributed by atoms with E-state index in [-0.39, 0.29) is 17.0 Å². The van der Waals surface area contributed by atoms with E-state index >= 15 is 0 Å². The van der Waals surface area contributed by atoms with E-state index in [0.29, 0.717) is 11.3 Å². The summed E-state index contributed by atoms with van der Waals surface area (Å²) in [5, 5.41) is 3.14. The Morgan fingerprint density at radius 1 is 0.800 bits per heavy atom. The van der Waals surface area contributed by atoms with E-state index < -0.39 is 17.6 Å². The normalized spacial score (nSPS) is 13.9. The molecule has 3 aromatic rings. The highest BCUT2D eigenvalue weighted by Gasteiger charge is 2.40. The summed E-state index contributed by atoms with van der Waals surface area (Å²) in [6.07, 6.45) is 0. The fraction of sp³-hybridized carbons (Fsp3) is 0.120. The van der Waals surface area contributed by atoms with Gasteiger partial charge in [-0.1, -0.05) is 42.0 Å². The Balaban J connectivity index is 1.83. The maximum atomic E-state index is 13.8. The van der Waals surface area contributed by atoms with Gasteiger partial charge in [0.05, 0.1) is 11.3 Å². The second-order valence-electron chi connectivity index (χ2n) is 7.47. The first-order valence-electron chi connectivity index (χ1n) is 9.65. The zero-order valence-electron chi connectivity index (χ0n) is 17.0. The first-order chi connectivity index (χ1) is 14.3. The van der Waals surface area contributed by atoms with Crippen LogP contribution in [0.1, 0.15) is 22.3 Å². The van der Waals surface area contributed by atoms with Crippen molar-refractivity contribution in [1.29, 1.82) is 0 Å². The van der Waals surface area contributed by atoms with Gasteiger partial charge < -0.3 is 5.32 Å². The quantitative estimate of drug-likeness (QED) is 0.617. The van der Waals surface area contributed by atoms with Crippen LogP contribution in [-0.4, -0.2) is 11.8 Å². The number of hydrogen-bond acceptors (Lipinski definition) is 3. The third kappa shape index (κ3) is 3.50. The van der Waals surface area contributed by atoms with Gasteiger partial charge in [0.25, 0.3) is 11.8 Å². The van der Waals surface area contributed by atoms with Crippen molar-refractivity contribution in [2.45, 2.75) is 20.8 Å². The number of halogens is 1. The van der Waals surface area contributed by atoms with Gasteiger partial charge in [-0.05, 0) is 67.8 Å². The monoisotopic (exact) mass is 400 g/mol. The van der Waals surface area contributed by atoms with Crippen molar-refractivity contribution in [3.8, 4) is 0 Å². The van der Waals surface area contributed by atoms with Crippen molar-refractivity contribution in [3.05, 3.63) is 100 Å². The largest absolute Gasteiger partial charge is 0.350 e. The molecular weight excluding hydrogens is 379 g/mol. The number of carbonyl (C=O) groups excluding carboxylic acids is 2. The number of rotatable bonds is 4. The average molecular weight is 400 g/mol. The van der Waals surface area contributed by atoms with E-state index in [0.717, 1.165) is 21.6 Å². The van der Waals surface area contributed by atoms with Crippen LogP contribution < -0.4 is 10.2 Å². The van der Waals surface area contributed by atoms with Crippen LogP contribution in [0.3, 0.4) is 0 Å². The van der Waals surface area contributed by atoms with E-state index in [4.69, 9.17) is 0 Å². The van der Waals surface area contributed by atoms with Crippen molar-refractivity contribution < 1.29 is 14.0 Å². The molecule has 0 fully saturated rings. The second-order valence-corrected chi connectivity index (χ2v) is 7.47. The van der Waals surface area contributed by atoms with Crippen molar-refractivity contribution in [3.63, 3.8) is 0 Å². The first-order valence-corrected chi connectivity index (χ1v) is 9.65. The third-order valence-electron chi connectivity index (χ3n) is 5.27. The van der Waals surface area contributed by atoms with Crippen LogP contribution in [0.25, 0.3) is 5.57 Å². The highest BCUT2D eigenvalue weighted by molar-refractivity contribution is 6.46. The molecule has 0 unspecified atom stereocenters. The molecule has 0 saturated carbocycles. The lowest BCUT2D eigenvalue weighted by Crippen LogP contribution is -2.32. The molecular formula is C25H21FN2O2. The van der Waals surface area contributed by atoms with Gasteiger partial charge in [0, 0.05) is 5.69 Å². The molecule has 0 radical (unpaired) electrons. The van der Waals surface area contributed by atoms with Crippen molar-refractivity contribution in [2.75, 3.05) is 10.2 Å². The topological polar surface area (TPSA) is 49.4 Å². The minimum atomic E-state index is -0.514. The van der Waals surface area contributed by atoms with Gasteiger partial charge in [-0.3, -0.25) is 9.59 Å². The molecule has 3 aromatic carbocycles. The van der Waals surface area contributed by atoms with Crippen molar-refractivity contribution >= 4 is 28.8 Å². The number of benzene rings is 3. The fourth-order valence-corrected chi connectivity index (χ4v) is 3.45. The second kappa shape index (κ2) is 7.59. The van der Waals surface area contributed by atoms with Crippen LogP contribution in [-0.2, 0) is 9.59 Å². The summed E-state index contributed by atoms with van der Waals surface area (Å²) in [6.45, 7) is 5.94. The smallest absolute Gasteiger partial charge is 0.282 e. The van der Waals surface area contributed by atoms with Gasteiger partial charge in [-0.15, -0.1) is 0 Å². The molecule has 4 nitrogen and oxygen atoms in total. The minimum absolute atomic E-state index is 0.177. The van der Waals surface area contributed by atoms with E-state index in [9.17, 15) is 14.0 Å². The Labute approximate surface area is 174 Å². The molecule has 0 aromatic heterocycles. The number of nitrogens with zero attached hydrogens (tertiary/aromatic N) is 1. The van der Waals surface area contributed by atoms with Gasteiger partial charge >= 0.3 is 0 Å². The van der Waals surface area contributed by atoms with Crippen LogP contribution in [0.4, 0.5) is 15.8 Å². The van der Waals surface area contributed by atoms with Gasteiger partial charge in [0.1, 0.15) is 11.5 Å². The van der Waals surface area contributed by atoms with Crippen LogP contribution in [0.15, 0.2) is 72.4 Å². The predicted octanol–water partition coefficient (Wildman–Crippen LogP) is 5.15. The number of hydrogen-bond donors (Lipinski definition) is 1. The lowest BCUT2D eigenvalue weighted by Gasteiger charge is -2.15. The first kappa shape index (κ1) is 19.6. The van der Waals surface area contributed by atoms with Crippen LogP contribution in [0, 0.1) is 26.6 Å². The predicted molar refractivity (Wildman–Crippen MR) is 117 cm³/mol. The lowest BCUT2D eigenvalue weighted by atomic mass is 10.0. The molecule has 0 atom stereocenters. The molecule has 1 aliphatic heterocycles. The molecule has 0 spiro atoms. The summed E-state index contributed by atoms with van der Waals surface area (Å²) in [5.41, 5.74) is 5.22. The maximum absolute atomic E-state index is 13.8.